The van der Waals surface area contributed by atoms with E-state index in [4.69, 9.17) is 0 Å². The Balaban J connectivity index is 2.22. The van der Waals surface area contributed by atoms with E-state index in [0.717, 1.165) is 31.2 Å². The Hall–Kier alpha value is -1.36. The molecule has 2 atom stereocenters. The quantitative estimate of drug-likeness (QED) is 0.844. The van der Waals surface area contributed by atoms with Crippen molar-refractivity contribution in [3.05, 3.63) is 22.2 Å². The summed E-state index contributed by atoms with van der Waals surface area (Å²) in [5, 5.41) is 9.60. The van der Waals surface area contributed by atoms with Crippen LogP contribution in [-0.2, 0) is 0 Å². The molecule has 0 saturated carbocycles. The number of aliphatic hydroxyl groups is 1. The summed E-state index contributed by atoms with van der Waals surface area (Å²) in [5.74, 6) is 1.92. The van der Waals surface area contributed by atoms with Crippen LogP contribution in [-0.4, -0.2) is 34.3 Å². The molecular weight excluding hydrogens is 230 g/mol. The lowest BCUT2D eigenvalue weighted by Gasteiger charge is -2.19. The molecule has 2 unspecified atom stereocenters. The summed E-state index contributed by atoms with van der Waals surface area (Å²) in [6.45, 7) is 7.45. The predicted octanol–water partition coefficient (Wildman–Crippen LogP) is 1.10. The van der Waals surface area contributed by atoms with Crippen molar-refractivity contribution < 1.29 is 5.11 Å². The zero-order valence-electron chi connectivity index (χ0n) is 11.2. The number of aromatic amines is 1. The number of rotatable bonds is 3. The van der Waals surface area contributed by atoms with Crippen LogP contribution in [0.5, 0.6) is 0 Å². The Morgan fingerprint density at radius 3 is 2.78 bits per heavy atom. The van der Waals surface area contributed by atoms with Crippen LogP contribution in [0, 0.1) is 5.92 Å². The Kier molecular flexibility index (Phi) is 3.71. The van der Waals surface area contributed by atoms with Crippen molar-refractivity contribution in [3.8, 4) is 0 Å². The van der Waals surface area contributed by atoms with E-state index in [1.54, 1.807) is 0 Å². The van der Waals surface area contributed by atoms with Gasteiger partial charge in [-0.2, -0.15) is 0 Å². The Bertz CT molecular complexity index is 468. The van der Waals surface area contributed by atoms with E-state index in [9.17, 15) is 9.90 Å². The van der Waals surface area contributed by atoms with Gasteiger partial charge in [0.25, 0.3) is 5.56 Å². The highest BCUT2D eigenvalue weighted by Gasteiger charge is 2.27. The van der Waals surface area contributed by atoms with Crippen LogP contribution >= 0.6 is 0 Å². The molecule has 0 aliphatic carbocycles. The second-order valence-corrected chi connectivity index (χ2v) is 5.38. The highest BCUT2D eigenvalue weighted by Crippen LogP contribution is 2.24. The molecule has 2 rings (SSSR count). The summed E-state index contributed by atoms with van der Waals surface area (Å²) in [6.07, 6.45) is 0.643. The van der Waals surface area contributed by atoms with Crippen LogP contribution < -0.4 is 10.5 Å². The number of H-pyrrole nitrogens is 1. The van der Waals surface area contributed by atoms with Crippen molar-refractivity contribution in [2.45, 2.75) is 39.2 Å². The number of nitrogens with one attached hydrogen (secondary N) is 1. The van der Waals surface area contributed by atoms with Gasteiger partial charge in [0.2, 0.25) is 0 Å². The summed E-state index contributed by atoms with van der Waals surface area (Å²) in [5.41, 5.74) is -0.107. The van der Waals surface area contributed by atoms with Crippen molar-refractivity contribution in [2.75, 3.05) is 18.0 Å². The molecular formula is C13H21N3O2. The molecule has 2 N–H and O–H groups in total. The Morgan fingerprint density at radius 1 is 1.50 bits per heavy atom. The first kappa shape index (κ1) is 13.1. The third-order valence-electron chi connectivity index (χ3n) is 3.52. The van der Waals surface area contributed by atoms with Crippen LogP contribution in [0.4, 0.5) is 5.82 Å². The van der Waals surface area contributed by atoms with Crippen LogP contribution in [0.2, 0.25) is 0 Å². The minimum Gasteiger partial charge on any atom is -0.393 e. The third-order valence-corrected chi connectivity index (χ3v) is 3.52. The molecule has 2 heterocycles. The van der Waals surface area contributed by atoms with Crippen molar-refractivity contribution in [2.24, 2.45) is 5.92 Å². The maximum Gasteiger partial charge on any atom is 0.252 e. The summed E-state index contributed by atoms with van der Waals surface area (Å²) in [6, 6.07) is 1.54. The molecule has 18 heavy (non-hydrogen) atoms. The summed E-state index contributed by atoms with van der Waals surface area (Å²) >= 11 is 0. The van der Waals surface area contributed by atoms with Gasteiger partial charge in [-0.3, -0.25) is 4.79 Å². The number of aliphatic hydroxyl groups excluding tert-OH is 1. The van der Waals surface area contributed by atoms with Crippen molar-refractivity contribution in [1.82, 2.24) is 9.97 Å². The van der Waals surface area contributed by atoms with E-state index in [-0.39, 0.29) is 23.5 Å². The van der Waals surface area contributed by atoms with Gasteiger partial charge in [0.1, 0.15) is 11.6 Å². The molecule has 1 aliphatic heterocycles. The fourth-order valence-corrected chi connectivity index (χ4v) is 2.29. The van der Waals surface area contributed by atoms with Crippen LogP contribution in [0.3, 0.4) is 0 Å². The molecule has 5 heteroatoms. The molecule has 0 bridgehead atoms. The minimum absolute atomic E-state index is 0.107. The molecule has 100 valence electrons. The molecule has 0 spiro atoms. The zero-order valence-corrected chi connectivity index (χ0v) is 11.2. The van der Waals surface area contributed by atoms with Gasteiger partial charge in [0.05, 0.1) is 6.10 Å². The van der Waals surface area contributed by atoms with Crippen molar-refractivity contribution >= 4 is 5.82 Å². The first-order chi connectivity index (χ1) is 8.47. The monoisotopic (exact) mass is 251 g/mol. The second kappa shape index (κ2) is 5.10. The van der Waals surface area contributed by atoms with Crippen LogP contribution in [0.25, 0.3) is 0 Å². The maximum absolute atomic E-state index is 11.6. The van der Waals surface area contributed by atoms with Crippen molar-refractivity contribution in [1.29, 1.82) is 0 Å². The van der Waals surface area contributed by atoms with Gasteiger partial charge in [-0.05, 0) is 13.3 Å². The number of hydrogen-bond acceptors (Lipinski definition) is 4. The van der Waals surface area contributed by atoms with Gasteiger partial charge in [-0.1, -0.05) is 13.8 Å². The average Bonchev–Trinajstić information content (AvgIpc) is 2.77. The lowest BCUT2D eigenvalue weighted by Crippen LogP contribution is -2.26. The standard InChI is InChI=1S/C13H21N3O2/c1-8(2)13-14-11(6-12(18)15-13)16-5-4-10(7-16)9(3)17/h6,8-10,17H,4-5,7H2,1-3H3,(H,14,15,18). The Labute approximate surface area is 107 Å². The lowest BCUT2D eigenvalue weighted by molar-refractivity contribution is 0.136. The molecule has 1 aliphatic rings. The lowest BCUT2D eigenvalue weighted by atomic mass is 10.0. The number of nitrogens with zero attached hydrogens (tertiary/aromatic N) is 2. The summed E-state index contributed by atoms with van der Waals surface area (Å²) in [7, 11) is 0. The normalized spacial score (nSPS) is 21.6. The predicted molar refractivity (Wildman–Crippen MR) is 70.9 cm³/mol. The zero-order chi connectivity index (χ0) is 13.3. The largest absolute Gasteiger partial charge is 0.393 e. The summed E-state index contributed by atoms with van der Waals surface area (Å²) in [4.78, 5) is 21.0. The summed E-state index contributed by atoms with van der Waals surface area (Å²) < 4.78 is 0. The molecule has 0 aromatic carbocycles. The first-order valence-corrected chi connectivity index (χ1v) is 6.51. The van der Waals surface area contributed by atoms with Gasteiger partial charge in [0.15, 0.2) is 0 Å². The van der Waals surface area contributed by atoms with Gasteiger partial charge in [0, 0.05) is 31.0 Å². The van der Waals surface area contributed by atoms with E-state index in [1.807, 2.05) is 20.8 Å². The molecule has 1 fully saturated rings. The smallest absolute Gasteiger partial charge is 0.252 e. The number of hydrogen-bond donors (Lipinski definition) is 2. The van der Waals surface area contributed by atoms with E-state index < -0.39 is 0 Å². The van der Waals surface area contributed by atoms with E-state index in [0.29, 0.717) is 0 Å². The SMILES string of the molecule is CC(C)c1nc(N2CCC(C(C)O)C2)cc(=O)[nH]1. The molecule has 5 nitrogen and oxygen atoms in total. The van der Waals surface area contributed by atoms with Gasteiger partial charge >= 0.3 is 0 Å². The van der Waals surface area contributed by atoms with E-state index in [2.05, 4.69) is 14.9 Å². The first-order valence-electron chi connectivity index (χ1n) is 6.51. The maximum atomic E-state index is 11.6. The molecule has 1 aromatic heterocycles. The molecule has 0 radical (unpaired) electrons. The molecule has 1 aromatic rings. The molecule has 0 amide bonds. The van der Waals surface area contributed by atoms with Crippen LogP contribution in [0.15, 0.2) is 10.9 Å². The number of anilines is 1. The van der Waals surface area contributed by atoms with Gasteiger partial charge in [-0.25, -0.2) is 4.98 Å². The highest BCUT2D eigenvalue weighted by molar-refractivity contribution is 5.39. The minimum atomic E-state index is -0.304. The van der Waals surface area contributed by atoms with Gasteiger partial charge < -0.3 is 15.0 Å². The highest BCUT2D eigenvalue weighted by atomic mass is 16.3. The average molecular weight is 251 g/mol. The second-order valence-electron chi connectivity index (χ2n) is 5.38. The third kappa shape index (κ3) is 2.72. The van der Waals surface area contributed by atoms with Crippen molar-refractivity contribution in [3.63, 3.8) is 0 Å². The van der Waals surface area contributed by atoms with E-state index in [1.165, 1.54) is 6.07 Å². The number of aromatic nitrogens is 2. The molecule has 1 saturated heterocycles. The fraction of sp³-hybridized carbons (Fsp3) is 0.692. The fourth-order valence-electron chi connectivity index (χ4n) is 2.29. The topological polar surface area (TPSA) is 69.2 Å². The van der Waals surface area contributed by atoms with Crippen LogP contribution in [0.1, 0.15) is 38.9 Å². The van der Waals surface area contributed by atoms with E-state index >= 15 is 0 Å². The van der Waals surface area contributed by atoms with Gasteiger partial charge in [-0.15, -0.1) is 0 Å². The Morgan fingerprint density at radius 2 is 2.22 bits per heavy atom.